The van der Waals surface area contributed by atoms with Gasteiger partial charge in [-0.1, -0.05) is 66.2 Å². The number of rotatable bonds is 20. The number of unbranched alkanes of at least 4 members (excludes halogenated alkanes) is 4. The molecule has 0 saturated carbocycles. The lowest BCUT2D eigenvalue weighted by molar-refractivity contribution is -0.145. The fraction of sp³-hybridized carbons (Fsp3) is 0.957. The van der Waals surface area contributed by atoms with Crippen LogP contribution in [0.4, 0.5) is 0 Å². The number of hydrogen-bond donors (Lipinski definition) is 1. The molecule has 0 amide bonds. The average Bonchev–Trinajstić information content (AvgIpc) is 2.68. The molecule has 0 aliphatic carbocycles. The molecule has 0 aromatic carbocycles. The van der Waals surface area contributed by atoms with E-state index in [9.17, 15) is 4.79 Å². The zero-order valence-corrected chi connectivity index (χ0v) is 18.9. The number of nitrogens with one attached hydrogen (secondary N) is 1. The Kier molecular flexibility index (Phi) is 19.7. The Morgan fingerprint density at radius 1 is 0.852 bits per heavy atom. The van der Waals surface area contributed by atoms with Gasteiger partial charge in [-0.25, -0.2) is 0 Å². The van der Waals surface area contributed by atoms with Gasteiger partial charge in [0.15, 0.2) is 0 Å². The van der Waals surface area contributed by atoms with Gasteiger partial charge in [-0.3, -0.25) is 4.79 Å². The first-order valence-electron chi connectivity index (χ1n) is 11.8. The third-order valence-corrected chi connectivity index (χ3v) is 5.26. The first-order chi connectivity index (χ1) is 13.2. The highest BCUT2D eigenvalue weighted by Crippen LogP contribution is 2.14. The molecule has 0 saturated heterocycles. The number of carbonyl (C=O) groups excluding carboxylic acids is 1. The summed E-state index contributed by atoms with van der Waals surface area (Å²) < 4.78 is 5.47. The average molecular weight is 385 g/mol. The minimum Gasteiger partial charge on any atom is -0.465 e. The Morgan fingerprint density at radius 2 is 1.48 bits per heavy atom. The zero-order chi connectivity index (χ0) is 20.2. The second-order valence-electron chi connectivity index (χ2n) is 7.86. The van der Waals surface area contributed by atoms with Crippen LogP contribution in [0.2, 0.25) is 0 Å². The molecular weight excluding hydrogens is 336 g/mol. The Morgan fingerprint density at radius 3 is 2.07 bits per heavy atom. The summed E-state index contributed by atoms with van der Waals surface area (Å²) in [6.07, 6.45) is 12.8. The van der Waals surface area contributed by atoms with Gasteiger partial charge in [-0.05, 0) is 57.8 Å². The fourth-order valence-corrected chi connectivity index (χ4v) is 3.21. The van der Waals surface area contributed by atoms with Crippen LogP contribution in [0.5, 0.6) is 0 Å². The predicted octanol–water partition coefficient (Wildman–Crippen LogP) is 5.41. The van der Waals surface area contributed by atoms with E-state index in [2.05, 4.69) is 37.9 Å². The van der Waals surface area contributed by atoms with Crippen LogP contribution in [-0.2, 0) is 9.53 Å². The van der Waals surface area contributed by atoms with E-state index in [1.165, 1.54) is 64.5 Å². The van der Waals surface area contributed by atoms with Crippen LogP contribution in [0, 0.1) is 5.92 Å². The molecule has 1 N–H and O–H groups in total. The maximum absolute atomic E-state index is 11.9. The first-order valence-corrected chi connectivity index (χ1v) is 11.8. The topological polar surface area (TPSA) is 41.6 Å². The molecule has 1 atom stereocenters. The van der Waals surface area contributed by atoms with Gasteiger partial charge in [0, 0.05) is 6.54 Å². The summed E-state index contributed by atoms with van der Waals surface area (Å²) >= 11 is 0. The van der Waals surface area contributed by atoms with Crippen molar-refractivity contribution >= 4 is 5.97 Å². The molecule has 0 rings (SSSR count). The lowest BCUT2D eigenvalue weighted by Gasteiger charge is -2.21. The van der Waals surface area contributed by atoms with Crippen molar-refractivity contribution in [2.24, 2.45) is 5.92 Å². The van der Waals surface area contributed by atoms with Gasteiger partial charge in [-0.2, -0.15) is 0 Å². The van der Waals surface area contributed by atoms with Crippen LogP contribution in [-0.4, -0.2) is 50.2 Å². The first kappa shape index (κ1) is 26.4. The maximum Gasteiger partial charge on any atom is 0.307 e. The van der Waals surface area contributed by atoms with Gasteiger partial charge < -0.3 is 15.0 Å². The third kappa shape index (κ3) is 17.2. The third-order valence-electron chi connectivity index (χ3n) is 5.26. The molecule has 1 unspecified atom stereocenters. The number of hydrogen-bond acceptors (Lipinski definition) is 4. The van der Waals surface area contributed by atoms with E-state index in [1.807, 2.05) is 0 Å². The summed E-state index contributed by atoms with van der Waals surface area (Å²) in [7, 11) is 0. The molecule has 4 heteroatoms. The smallest absolute Gasteiger partial charge is 0.307 e. The van der Waals surface area contributed by atoms with E-state index >= 15 is 0 Å². The molecule has 4 nitrogen and oxygen atoms in total. The number of carbonyl (C=O) groups is 1. The monoisotopic (exact) mass is 384 g/mol. The fourth-order valence-electron chi connectivity index (χ4n) is 3.21. The second-order valence-corrected chi connectivity index (χ2v) is 7.86. The molecule has 0 aliphatic heterocycles. The molecule has 0 aromatic rings. The Bertz CT molecular complexity index is 316. The maximum atomic E-state index is 11.9. The molecule has 0 spiro atoms. The van der Waals surface area contributed by atoms with Crippen LogP contribution in [0.15, 0.2) is 0 Å². The van der Waals surface area contributed by atoms with E-state index in [1.54, 1.807) is 0 Å². The summed E-state index contributed by atoms with van der Waals surface area (Å²) in [4.78, 5) is 14.5. The van der Waals surface area contributed by atoms with Crippen LogP contribution in [0.1, 0.15) is 98.3 Å². The number of ether oxygens (including phenoxy) is 1. The SMILES string of the molecule is CCCCCC(CC)COC(=O)CCNCCCN(CCCC)CCCC. The predicted molar refractivity (Wildman–Crippen MR) is 117 cm³/mol. The molecule has 0 heterocycles. The highest BCUT2D eigenvalue weighted by Gasteiger charge is 2.10. The lowest BCUT2D eigenvalue weighted by atomic mass is 10.00. The van der Waals surface area contributed by atoms with Gasteiger partial charge in [0.2, 0.25) is 0 Å². The Hall–Kier alpha value is -0.610. The molecule has 0 radical (unpaired) electrons. The molecule has 0 aromatic heterocycles. The largest absolute Gasteiger partial charge is 0.465 e. The van der Waals surface area contributed by atoms with Crippen LogP contribution >= 0.6 is 0 Å². The van der Waals surface area contributed by atoms with Gasteiger partial charge in [0.1, 0.15) is 0 Å². The molecule has 0 bridgehead atoms. The summed E-state index contributed by atoms with van der Waals surface area (Å²) in [6, 6.07) is 0. The van der Waals surface area contributed by atoms with Crippen molar-refractivity contribution in [2.75, 3.05) is 39.3 Å². The van der Waals surface area contributed by atoms with Crippen molar-refractivity contribution in [1.29, 1.82) is 0 Å². The second kappa shape index (κ2) is 20.1. The number of esters is 1. The standard InChI is InChI=1S/C23H48N2O2/c1-5-9-12-14-22(8-4)21-27-23(26)15-17-24-16-13-20-25(18-10-6-2)19-11-7-3/h22,24H,5-21H2,1-4H3. The summed E-state index contributed by atoms with van der Waals surface area (Å²) in [5, 5.41) is 3.40. The minimum absolute atomic E-state index is 0.0519. The molecule has 27 heavy (non-hydrogen) atoms. The molecule has 0 aliphatic rings. The summed E-state index contributed by atoms with van der Waals surface area (Å²) in [5.74, 6) is 0.481. The van der Waals surface area contributed by atoms with Crippen LogP contribution in [0.25, 0.3) is 0 Å². The highest BCUT2D eigenvalue weighted by atomic mass is 16.5. The van der Waals surface area contributed by atoms with Gasteiger partial charge in [0.05, 0.1) is 13.0 Å². The normalized spacial score (nSPS) is 12.5. The van der Waals surface area contributed by atoms with Gasteiger partial charge >= 0.3 is 5.97 Å². The van der Waals surface area contributed by atoms with Crippen molar-refractivity contribution in [3.8, 4) is 0 Å². The van der Waals surface area contributed by atoms with E-state index in [0.29, 0.717) is 18.9 Å². The van der Waals surface area contributed by atoms with Gasteiger partial charge in [-0.15, -0.1) is 0 Å². The summed E-state index contributed by atoms with van der Waals surface area (Å²) in [5.41, 5.74) is 0. The quantitative estimate of drug-likeness (QED) is 0.225. The van der Waals surface area contributed by atoms with Crippen LogP contribution in [0.3, 0.4) is 0 Å². The van der Waals surface area contributed by atoms with Crippen molar-refractivity contribution in [2.45, 2.75) is 98.3 Å². The van der Waals surface area contributed by atoms with E-state index in [0.717, 1.165) is 32.5 Å². The minimum atomic E-state index is -0.0519. The van der Waals surface area contributed by atoms with Crippen LogP contribution < -0.4 is 5.32 Å². The molecule has 0 fully saturated rings. The Balaban J connectivity index is 3.70. The molecule has 162 valence electrons. The molecular formula is C23H48N2O2. The van der Waals surface area contributed by atoms with Crippen molar-refractivity contribution in [3.63, 3.8) is 0 Å². The van der Waals surface area contributed by atoms with E-state index < -0.39 is 0 Å². The van der Waals surface area contributed by atoms with Crippen molar-refractivity contribution in [1.82, 2.24) is 10.2 Å². The lowest BCUT2D eigenvalue weighted by Crippen LogP contribution is -2.30. The van der Waals surface area contributed by atoms with E-state index in [4.69, 9.17) is 4.74 Å². The van der Waals surface area contributed by atoms with Crippen molar-refractivity contribution < 1.29 is 9.53 Å². The van der Waals surface area contributed by atoms with E-state index in [-0.39, 0.29) is 5.97 Å². The Labute approximate surface area is 169 Å². The highest BCUT2D eigenvalue weighted by molar-refractivity contribution is 5.69. The number of nitrogens with zero attached hydrogens (tertiary/aromatic N) is 1. The van der Waals surface area contributed by atoms with Gasteiger partial charge in [0.25, 0.3) is 0 Å². The summed E-state index contributed by atoms with van der Waals surface area (Å²) in [6.45, 7) is 14.8. The van der Waals surface area contributed by atoms with Crippen molar-refractivity contribution in [3.05, 3.63) is 0 Å². The zero-order valence-electron chi connectivity index (χ0n) is 18.9.